The molecule has 8 aromatic rings. The maximum Gasteiger partial charge on any atom is 0.242 e. The van der Waals surface area contributed by atoms with E-state index in [2.05, 4.69) is 217 Å². The molecule has 10 rings (SSSR count). The quantitative estimate of drug-likeness (QED) is 0.151. The van der Waals surface area contributed by atoms with Crippen molar-refractivity contribution in [1.29, 1.82) is 0 Å². The molecule has 0 aliphatic carbocycles. The molecule has 0 saturated heterocycles. The van der Waals surface area contributed by atoms with Crippen molar-refractivity contribution in [2.45, 2.75) is 83.1 Å². The Morgan fingerprint density at radius 1 is 0.270 bits per heavy atom. The standard InChI is InChI=1S/C60H58B2Si/c1-35-25-39(5)57(40(6)26-35)61(58-41(7)27-36(2)28-42(58)8)47-21-23-55-51(33-47)49-17-13-15-19-53(49)63(55)54-20-16-14-18-50(54)52-34-48(22-24-56(52)63)62(59-43(9)29-37(3)30-44(59)10)60-45(11)31-38(4)32-46(60)12/h13-34H,1-12H3. The lowest BCUT2D eigenvalue weighted by atomic mass is 9.34. The lowest BCUT2D eigenvalue weighted by Crippen LogP contribution is -2.71. The molecule has 308 valence electrons. The van der Waals surface area contributed by atoms with Gasteiger partial charge in [-0.15, -0.1) is 0 Å². The molecule has 8 aromatic carbocycles. The second-order valence-corrected chi connectivity index (χ2v) is 23.2. The van der Waals surface area contributed by atoms with Gasteiger partial charge in [-0.05, 0) is 126 Å². The largest absolute Gasteiger partial charge is 0.242 e. The van der Waals surface area contributed by atoms with Crippen molar-refractivity contribution in [1.82, 2.24) is 0 Å². The normalized spacial score (nSPS) is 12.9. The first-order valence-corrected chi connectivity index (χ1v) is 25.0. The summed E-state index contributed by atoms with van der Waals surface area (Å²) in [5.74, 6) is 0. The van der Waals surface area contributed by atoms with Gasteiger partial charge in [0.1, 0.15) is 0 Å². The molecular formula is C60H58B2Si. The minimum absolute atomic E-state index is 0.117. The first-order chi connectivity index (χ1) is 30.2. The van der Waals surface area contributed by atoms with Crippen LogP contribution >= 0.6 is 0 Å². The molecule has 0 bridgehead atoms. The molecule has 2 heterocycles. The molecule has 0 nitrogen and oxygen atoms in total. The number of fused-ring (bicyclic) bond motifs is 10. The number of benzene rings is 8. The Balaban J connectivity index is 1.23. The Hall–Kier alpha value is -5.89. The number of hydrogen-bond acceptors (Lipinski definition) is 0. The van der Waals surface area contributed by atoms with Gasteiger partial charge in [0.25, 0.3) is 0 Å². The number of hydrogen-bond donors (Lipinski definition) is 0. The molecule has 3 heteroatoms. The predicted octanol–water partition coefficient (Wildman–Crippen LogP) is 7.76. The molecule has 0 radical (unpaired) electrons. The summed E-state index contributed by atoms with van der Waals surface area (Å²) in [6.07, 6.45) is 0. The smallest absolute Gasteiger partial charge is 0.0680 e. The van der Waals surface area contributed by atoms with Crippen LogP contribution < -0.4 is 53.5 Å². The highest BCUT2D eigenvalue weighted by Crippen LogP contribution is 2.35. The van der Waals surface area contributed by atoms with E-state index in [0.29, 0.717) is 0 Å². The van der Waals surface area contributed by atoms with Crippen LogP contribution in [0, 0.1) is 83.1 Å². The summed E-state index contributed by atoms with van der Waals surface area (Å²) in [5.41, 5.74) is 30.3. The van der Waals surface area contributed by atoms with Gasteiger partial charge in [-0.1, -0.05) is 233 Å². The van der Waals surface area contributed by atoms with E-state index >= 15 is 0 Å². The highest BCUT2D eigenvalue weighted by atomic mass is 28.3. The predicted molar refractivity (Wildman–Crippen MR) is 280 cm³/mol. The van der Waals surface area contributed by atoms with Crippen LogP contribution in [0.5, 0.6) is 0 Å². The van der Waals surface area contributed by atoms with Gasteiger partial charge in [-0.3, -0.25) is 0 Å². The molecule has 0 fully saturated rings. The van der Waals surface area contributed by atoms with Crippen molar-refractivity contribution >= 4 is 75.0 Å². The van der Waals surface area contributed by atoms with E-state index in [1.54, 1.807) is 0 Å². The number of rotatable bonds is 6. The van der Waals surface area contributed by atoms with Crippen molar-refractivity contribution in [2.75, 3.05) is 0 Å². The summed E-state index contributed by atoms with van der Waals surface area (Å²) in [5, 5.41) is 6.08. The van der Waals surface area contributed by atoms with E-state index in [0.717, 1.165) is 0 Å². The number of aryl methyl sites for hydroxylation is 12. The first-order valence-electron chi connectivity index (χ1n) is 23.0. The Morgan fingerprint density at radius 2 is 0.524 bits per heavy atom. The van der Waals surface area contributed by atoms with E-state index in [9.17, 15) is 0 Å². The molecular weight excluding hydrogens is 770 g/mol. The maximum absolute atomic E-state index is 2.70. The van der Waals surface area contributed by atoms with E-state index in [4.69, 9.17) is 0 Å². The zero-order valence-corrected chi connectivity index (χ0v) is 40.4. The van der Waals surface area contributed by atoms with Crippen molar-refractivity contribution in [3.63, 3.8) is 0 Å². The average Bonchev–Trinajstić information content (AvgIpc) is 3.67. The molecule has 0 unspecified atom stereocenters. The zero-order chi connectivity index (χ0) is 44.2. The maximum atomic E-state index is 2.61. The third-order valence-corrected chi connectivity index (χ3v) is 19.9. The molecule has 0 N–H and O–H groups in total. The van der Waals surface area contributed by atoms with E-state index in [-0.39, 0.29) is 13.4 Å². The van der Waals surface area contributed by atoms with Gasteiger partial charge in [0, 0.05) is 0 Å². The van der Waals surface area contributed by atoms with Crippen LogP contribution in [0.4, 0.5) is 0 Å². The minimum Gasteiger partial charge on any atom is -0.0680 e. The fourth-order valence-corrected chi connectivity index (χ4v) is 18.7. The SMILES string of the molecule is Cc1cc(C)c(B(c2ccc3c(c2)-c2ccccc2[Si]32c3ccccc3-c3cc(B(c4c(C)cc(C)cc4C)c4c(C)cc(C)cc4C)ccc32)c2c(C)cc(C)cc2C)c(C)c1. The van der Waals surface area contributed by atoms with Gasteiger partial charge in [-0.25, -0.2) is 0 Å². The Bertz CT molecular complexity index is 2800. The average molecular weight is 829 g/mol. The van der Waals surface area contributed by atoms with E-state index < -0.39 is 8.07 Å². The summed E-state index contributed by atoms with van der Waals surface area (Å²) >= 11 is 0. The molecule has 0 amide bonds. The lowest BCUT2D eigenvalue weighted by molar-refractivity contribution is 1.34. The third kappa shape index (κ3) is 6.25. The summed E-state index contributed by atoms with van der Waals surface area (Å²) < 4.78 is 0. The van der Waals surface area contributed by atoms with Gasteiger partial charge in [0.05, 0.1) is 0 Å². The third-order valence-electron chi connectivity index (χ3n) is 14.9. The van der Waals surface area contributed by atoms with Crippen LogP contribution in [0.25, 0.3) is 22.3 Å². The summed E-state index contributed by atoms with van der Waals surface area (Å²) in [4.78, 5) is 0. The fraction of sp³-hybridized carbons (Fsp3) is 0.200. The molecule has 0 atom stereocenters. The second kappa shape index (κ2) is 15.1. The molecule has 0 aromatic heterocycles. The Morgan fingerprint density at radius 3 is 0.810 bits per heavy atom. The molecule has 1 spiro atoms. The highest BCUT2D eigenvalue weighted by Gasteiger charge is 2.54. The Kier molecular flexibility index (Phi) is 9.88. The van der Waals surface area contributed by atoms with E-state index in [1.807, 2.05) is 0 Å². The van der Waals surface area contributed by atoms with E-state index in [1.165, 1.54) is 143 Å². The van der Waals surface area contributed by atoms with Crippen LogP contribution in [0.3, 0.4) is 0 Å². The first kappa shape index (κ1) is 41.1. The van der Waals surface area contributed by atoms with Crippen LogP contribution in [0.15, 0.2) is 133 Å². The van der Waals surface area contributed by atoms with Crippen LogP contribution in [0.2, 0.25) is 0 Å². The summed E-state index contributed by atoms with van der Waals surface area (Å²) in [6.45, 7) is 27.7. The van der Waals surface area contributed by atoms with Gasteiger partial charge in [0.2, 0.25) is 13.4 Å². The molecule has 2 aliphatic rings. The minimum atomic E-state index is -2.70. The monoisotopic (exact) mass is 828 g/mol. The zero-order valence-electron chi connectivity index (χ0n) is 39.4. The topological polar surface area (TPSA) is 0 Å². The highest BCUT2D eigenvalue weighted by molar-refractivity contribution is 7.24. The Labute approximate surface area is 378 Å². The molecule has 0 saturated carbocycles. The molecule has 2 aliphatic heterocycles. The van der Waals surface area contributed by atoms with Gasteiger partial charge in [0.15, 0.2) is 8.07 Å². The van der Waals surface area contributed by atoms with Crippen molar-refractivity contribution in [2.24, 2.45) is 0 Å². The second-order valence-electron chi connectivity index (χ2n) is 19.6. The van der Waals surface area contributed by atoms with Gasteiger partial charge in [-0.2, -0.15) is 0 Å². The van der Waals surface area contributed by atoms with Gasteiger partial charge >= 0.3 is 0 Å². The fourth-order valence-electron chi connectivity index (χ4n) is 13.1. The van der Waals surface area contributed by atoms with Crippen molar-refractivity contribution in [3.05, 3.63) is 200 Å². The van der Waals surface area contributed by atoms with Crippen molar-refractivity contribution in [3.8, 4) is 22.3 Å². The van der Waals surface area contributed by atoms with Gasteiger partial charge < -0.3 is 0 Å². The lowest BCUT2D eigenvalue weighted by Gasteiger charge is -2.29. The molecule has 63 heavy (non-hydrogen) atoms. The summed E-state index contributed by atoms with van der Waals surface area (Å²) in [6, 6.07) is 53.3. The van der Waals surface area contributed by atoms with Crippen LogP contribution in [-0.2, 0) is 0 Å². The summed E-state index contributed by atoms with van der Waals surface area (Å²) in [7, 11) is -2.70. The van der Waals surface area contributed by atoms with Crippen LogP contribution in [0.1, 0.15) is 66.8 Å². The van der Waals surface area contributed by atoms with Crippen molar-refractivity contribution < 1.29 is 0 Å². The van der Waals surface area contributed by atoms with Crippen LogP contribution in [-0.4, -0.2) is 21.5 Å².